The Bertz CT molecular complexity index is 615. The molecule has 1 aliphatic heterocycles. The molecule has 0 bridgehead atoms. The van der Waals surface area contributed by atoms with E-state index in [4.69, 9.17) is 0 Å². The molecule has 1 fully saturated rings. The summed E-state index contributed by atoms with van der Waals surface area (Å²) in [6.07, 6.45) is 0.870. The maximum atomic E-state index is 13.9. The van der Waals surface area contributed by atoms with E-state index in [2.05, 4.69) is 34.4 Å². The Balaban J connectivity index is 1.91. The van der Waals surface area contributed by atoms with Gasteiger partial charge in [-0.05, 0) is 46.5 Å². The van der Waals surface area contributed by atoms with Crippen molar-refractivity contribution in [2.75, 3.05) is 45.7 Å². The molecule has 0 saturated carbocycles. The summed E-state index contributed by atoms with van der Waals surface area (Å²) in [6, 6.07) is 3.89. The maximum Gasteiger partial charge on any atom is 0.191 e. The number of nitrogens with zero attached hydrogens (tertiary/aromatic N) is 3. The van der Waals surface area contributed by atoms with Crippen molar-refractivity contribution in [2.24, 2.45) is 4.99 Å². The second-order valence-electron chi connectivity index (χ2n) is 7.30. The second kappa shape index (κ2) is 7.99. The molecule has 0 spiro atoms. The standard InChI is InChI=1S/C18H29F2N5/c1-18(2,24(4)5)12-22-17(21-3)23-14-8-9-25(11-14)16-7-6-13(19)10-15(16)20/h6-7,10,14H,8-9,11-12H2,1-5H3,(H2,21,22,23). The highest BCUT2D eigenvalue weighted by molar-refractivity contribution is 5.80. The topological polar surface area (TPSA) is 42.9 Å². The predicted octanol–water partition coefficient (Wildman–Crippen LogP) is 2.05. The fourth-order valence-electron chi connectivity index (χ4n) is 2.68. The molecule has 1 aromatic rings. The van der Waals surface area contributed by atoms with Crippen LogP contribution in [0.3, 0.4) is 0 Å². The molecule has 5 nitrogen and oxygen atoms in total. The quantitative estimate of drug-likeness (QED) is 0.628. The molecule has 140 valence electrons. The summed E-state index contributed by atoms with van der Waals surface area (Å²) in [5.41, 5.74) is 0.443. The summed E-state index contributed by atoms with van der Waals surface area (Å²) in [7, 11) is 5.83. The van der Waals surface area contributed by atoms with Crippen LogP contribution >= 0.6 is 0 Å². The van der Waals surface area contributed by atoms with Gasteiger partial charge in [0.05, 0.1) is 5.69 Å². The van der Waals surface area contributed by atoms with Crippen molar-refractivity contribution in [1.29, 1.82) is 0 Å². The minimum Gasteiger partial charge on any atom is -0.367 e. The number of rotatable bonds is 5. The van der Waals surface area contributed by atoms with Crippen LogP contribution in [0, 0.1) is 11.6 Å². The summed E-state index contributed by atoms with van der Waals surface area (Å²) in [6.45, 7) is 6.44. The SMILES string of the molecule is CN=C(NCC(C)(C)N(C)C)NC1CCN(c2ccc(F)cc2F)C1. The monoisotopic (exact) mass is 353 g/mol. The van der Waals surface area contributed by atoms with Crippen molar-refractivity contribution in [3.8, 4) is 0 Å². The molecule has 7 heteroatoms. The van der Waals surface area contributed by atoms with Crippen LogP contribution in [0.15, 0.2) is 23.2 Å². The van der Waals surface area contributed by atoms with E-state index in [1.807, 2.05) is 19.0 Å². The minimum absolute atomic E-state index is 0.00340. The number of nitrogens with one attached hydrogen (secondary N) is 2. The molecular weight excluding hydrogens is 324 g/mol. The smallest absolute Gasteiger partial charge is 0.191 e. The largest absolute Gasteiger partial charge is 0.367 e. The summed E-state index contributed by atoms with van der Waals surface area (Å²) in [5.74, 6) is -0.333. The van der Waals surface area contributed by atoms with E-state index in [0.717, 1.165) is 31.5 Å². The first kappa shape index (κ1) is 19.4. The summed E-state index contributed by atoms with van der Waals surface area (Å²) >= 11 is 0. The number of benzene rings is 1. The zero-order chi connectivity index (χ0) is 18.6. The molecule has 0 radical (unpaired) electrons. The first-order chi connectivity index (χ1) is 11.7. The lowest BCUT2D eigenvalue weighted by molar-refractivity contribution is 0.197. The Morgan fingerprint density at radius 1 is 1.36 bits per heavy atom. The highest BCUT2D eigenvalue weighted by Gasteiger charge is 2.26. The number of anilines is 1. The number of guanidine groups is 1. The third kappa shape index (κ3) is 5.04. The van der Waals surface area contributed by atoms with Gasteiger partial charge in [0, 0.05) is 44.3 Å². The Labute approximate surface area is 149 Å². The predicted molar refractivity (Wildman–Crippen MR) is 99.2 cm³/mol. The van der Waals surface area contributed by atoms with E-state index >= 15 is 0 Å². The number of hydrogen-bond acceptors (Lipinski definition) is 3. The second-order valence-corrected chi connectivity index (χ2v) is 7.30. The lowest BCUT2D eigenvalue weighted by Gasteiger charge is -2.33. The molecule has 2 N–H and O–H groups in total. The number of likely N-dealkylation sites (N-methyl/N-ethyl adjacent to an activating group) is 1. The average molecular weight is 353 g/mol. The molecule has 2 rings (SSSR count). The van der Waals surface area contributed by atoms with Gasteiger partial charge in [-0.2, -0.15) is 0 Å². The van der Waals surface area contributed by atoms with Crippen LogP contribution < -0.4 is 15.5 Å². The van der Waals surface area contributed by atoms with Crippen molar-refractivity contribution in [1.82, 2.24) is 15.5 Å². The van der Waals surface area contributed by atoms with Crippen LogP contribution in [0.2, 0.25) is 0 Å². The molecule has 0 aliphatic carbocycles. The van der Waals surface area contributed by atoms with E-state index in [1.165, 1.54) is 12.1 Å². The van der Waals surface area contributed by atoms with Crippen molar-refractivity contribution in [3.05, 3.63) is 29.8 Å². The Kier molecular flexibility index (Phi) is 6.21. The third-order valence-electron chi connectivity index (χ3n) is 4.90. The summed E-state index contributed by atoms with van der Waals surface area (Å²) < 4.78 is 27.0. The number of aliphatic imine (C=N–C) groups is 1. The van der Waals surface area contributed by atoms with Gasteiger partial charge in [-0.15, -0.1) is 0 Å². The van der Waals surface area contributed by atoms with Gasteiger partial charge in [-0.3, -0.25) is 4.99 Å². The van der Waals surface area contributed by atoms with E-state index in [9.17, 15) is 8.78 Å². The molecular formula is C18H29F2N5. The van der Waals surface area contributed by atoms with Crippen LogP contribution in [0.25, 0.3) is 0 Å². The van der Waals surface area contributed by atoms with Gasteiger partial charge >= 0.3 is 0 Å². The Morgan fingerprint density at radius 3 is 2.68 bits per heavy atom. The van der Waals surface area contributed by atoms with E-state index in [0.29, 0.717) is 12.2 Å². The van der Waals surface area contributed by atoms with Crippen molar-refractivity contribution < 1.29 is 8.78 Å². The fraction of sp³-hybridized carbons (Fsp3) is 0.611. The van der Waals surface area contributed by atoms with Gasteiger partial charge < -0.3 is 20.4 Å². The van der Waals surface area contributed by atoms with Gasteiger partial charge in [0.1, 0.15) is 11.6 Å². The Morgan fingerprint density at radius 2 is 2.08 bits per heavy atom. The maximum absolute atomic E-state index is 13.9. The third-order valence-corrected chi connectivity index (χ3v) is 4.90. The van der Waals surface area contributed by atoms with Crippen molar-refractivity contribution in [2.45, 2.75) is 31.8 Å². The highest BCUT2D eigenvalue weighted by atomic mass is 19.1. The minimum atomic E-state index is -0.553. The molecule has 1 aliphatic rings. The first-order valence-electron chi connectivity index (χ1n) is 8.57. The average Bonchev–Trinajstić information content (AvgIpc) is 2.99. The number of halogens is 2. The molecule has 1 unspecified atom stereocenters. The fourth-order valence-corrected chi connectivity index (χ4v) is 2.68. The lowest BCUT2D eigenvalue weighted by atomic mass is 10.0. The summed E-state index contributed by atoms with van der Waals surface area (Å²) in [4.78, 5) is 8.36. The number of hydrogen-bond donors (Lipinski definition) is 2. The normalized spacial score (nSPS) is 18.8. The zero-order valence-electron chi connectivity index (χ0n) is 15.7. The van der Waals surface area contributed by atoms with Crippen LogP contribution in [-0.2, 0) is 0 Å². The highest BCUT2D eigenvalue weighted by Crippen LogP contribution is 2.24. The van der Waals surface area contributed by atoms with Gasteiger partial charge in [-0.1, -0.05) is 0 Å². The van der Waals surface area contributed by atoms with Gasteiger partial charge in [0.15, 0.2) is 5.96 Å². The van der Waals surface area contributed by atoms with Gasteiger partial charge in [0.25, 0.3) is 0 Å². The van der Waals surface area contributed by atoms with E-state index < -0.39 is 11.6 Å². The van der Waals surface area contributed by atoms with Crippen LogP contribution in [0.4, 0.5) is 14.5 Å². The van der Waals surface area contributed by atoms with Crippen molar-refractivity contribution in [3.63, 3.8) is 0 Å². The molecule has 25 heavy (non-hydrogen) atoms. The lowest BCUT2D eigenvalue weighted by Crippen LogP contribution is -2.52. The zero-order valence-corrected chi connectivity index (χ0v) is 15.7. The van der Waals surface area contributed by atoms with Crippen LogP contribution in [-0.4, -0.2) is 63.2 Å². The van der Waals surface area contributed by atoms with E-state index in [1.54, 1.807) is 7.05 Å². The molecule has 1 aromatic carbocycles. The molecule has 1 saturated heterocycles. The first-order valence-corrected chi connectivity index (χ1v) is 8.57. The van der Waals surface area contributed by atoms with Gasteiger partial charge in [-0.25, -0.2) is 8.78 Å². The molecule has 0 aromatic heterocycles. The molecule has 1 heterocycles. The van der Waals surface area contributed by atoms with Crippen LogP contribution in [0.1, 0.15) is 20.3 Å². The van der Waals surface area contributed by atoms with Crippen molar-refractivity contribution >= 4 is 11.6 Å². The Hall–Kier alpha value is -1.89. The molecule has 0 amide bonds. The van der Waals surface area contributed by atoms with Gasteiger partial charge in [0.2, 0.25) is 0 Å². The van der Waals surface area contributed by atoms with E-state index in [-0.39, 0.29) is 11.6 Å². The van der Waals surface area contributed by atoms with Crippen LogP contribution in [0.5, 0.6) is 0 Å². The molecule has 1 atom stereocenters. The summed E-state index contributed by atoms with van der Waals surface area (Å²) in [5, 5.41) is 6.74.